The van der Waals surface area contributed by atoms with Gasteiger partial charge < -0.3 is 25.7 Å². The third-order valence-corrected chi connectivity index (χ3v) is 31.0. The summed E-state index contributed by atoms with van der Waals surface area (Å²) >= 11 is 0. The van der Waals surface area contributed by atoms with E-state index in [4.69, 9.17) is 25.7 Å². The minimum absolute atomic E-state index is 0. The van der Waals surface area contributed by atoms with Gasteiger partial charge in [0.15, 0.2) is 0 Å². The Balaban J connectivity index is 0.000000166. The molecule has 8 heteroatoms. The second kappa shape index (κ2) is 38.7. The van der Waals surface area contributed by atoms with E-state index in [1.54, 1.807) is 0 Å². The molecular formula is C98H76Au4P4+4. The van der Waals surface area contributed by atoms with Crippen LogP contribution in [0.5, 0.6) is 0 Å². The van der Waals surface area contributed by atoms with Gasteiger partial charge in [0.05, 0.1) is 0 Å². The zero-order chi connectivity index (χ0) is 70.4. The first kappa shape index (κ1) is 82.1. The van der Waals surface area contributed by atoms with Crippen molar-refractivity contribution in [1.82, 2.24) is 0 Å². The molecule has 528 valence electrons. The summed E-state index contributed by atoms with van der Waals surface area (Å²) in [6.07, 6.45) is 29.1. The van der Waals surface area contributed by atoms with Crippen LogP contribution in [-0.4, -0.2) is 0 Å². The van der Waals surface area contributed by atoms with Crippen LogP contribution in [0.2, 0.25) is 0 Å². The van der Waals surface area contributed by atoms with Crippen molar-refractivity contribution < 1.29 is 89.5 Å². The maximum atomic E-state index is 7.28. The van der Waals surface area contributed by atoms with Crippen molar-refractivity contribution in [2.45, 2.75) is 38.5 Å². The minimum atomic E-state index is -1.14. The summed E-state index contributed by atoms with van der Waals surface area (Å²) in [5.74, 6) is 9.79. The van der Waals surface area contributed by atoms with E-state index < -0.39 is 31.7 Å². The van der Waals surface area contributed by atoms with Crippen molar-refractivity contribution in [2.75, 3.05) is 0 Å². The van der Waals surface area contributed by atoms with Gasteiger partial charge in [-0.1, -0.05) is 222 Å². The van der Waals surface area contributed by atoms with Crippen LogP contribution < -0.4 is 63.7 Å². The summed E-state index contributed by atoms with van der Waals surface area (Å²) in [4.78, 5) is 0. The molecule has 0 saturated heterocycles. The third kappa shape index (κ3) is 18.2. The molecule has 0 bridgehead atoms. The van der Waals surface area contributed by atoms with Gasteiger partial charge in [-0.2, -0.15) is 0 Å². The van der Waals surface area contributed by atoms with Crippen LogP contribution in [0.3, 0.4) is 0 Å². The Labute approximate surface area is 696 Å². The van der Waals surface area contributed by atoms with Crippen molar-refractivity contribution in [1.29, 1.82) is 0 Å². The zero-order valence-electron chi connectivity index (χ0n) is 58.8. The standard InChI is InChI=1S/2C30H24P2.2C19H12.4Au/c2*1-5-15-25(16-6-1)31(26-17-7-2-8-18-26)29-23-13-14-24-30(29)32(27-19-9-3-10-20-27)28-21-11-4-12-22-28;2*1-5-13-8-10-17-16(11-13)15-9-7-14(6-2)12-18(15)19(17,3)4;;;;/h2*1-24H;2*7-12H,3-4H3;;;;/q;;2*-2;4*+1/p+4. The summed E-state index contributed by atoms with van der Waals surface area (Å²) in [5, 5.41) is 17.4. The predicted molar refractivity (Wildman–Crippen MR) is 446 cm³/mol. The van der Waals surface area contributed by atoms with Crippen molar-refractivity contribution >= 4 is 95.3 Å². The van der Waals surface area contributed by atoms with Crippen LogP contribution in [0.15, 0.2) is 364 Å². The molecule has 0 aromatic heterocycles. The van der Waals surface area contributed by atoms with Crippen LogP contribution in [0.4, 0.5) is 0 Å². The van der Waals surface area contributed by atoms with E-state index in [0.29, 0.717) is 0 Å². The molecule has 0 N–H and O–H groups in total. The molecule has 0 aliphatic heterocycles. The van der Waals surface area contributed by atoms with Gasteiger partial charge in [0.25, 0.3) is 0 Å². The first-order valence-electron chi connectivity index (χ1n) is 34.4. The van der Waals surface area contributed by atoms with Crippen molar-refractivity contribution in [3.8, 4) is 45.9 Å². The Kier molecular flexibility index (Phi) is 30.0. The molecule has 0 unspecified atom stereocenters. The topological polar surface area (TPSA) is 0 Å². The van der Waals surface area contributed by atoms with Crippen molar-refractivity contribution in [2.24, 2.45) is 0 Å². The molecular weight excluding hydrogens is 2090 g/mol. The van der Waals surface area contributed by atoms with Gasteiger partial charge in [0.2, 0.25) is 0 Å². The molecule has 0 atom stereocenters. The van der Waals surface area contributed by atoms with E-state index in [0.717, 1.165) is 22.3 Å². The fraction of sp³-hybridized carbons (Fsp3) is 0.0612. The van der Waals surface area contributed by atoms with Gasteiger partial charge in [-0.15, -0.1) is 70.8 Å². The molecule has 14 aromatic rings. The maximum Gasteiger partial charge on any atom is 1.00 e. The Hall–Kier alpha value is -8.00. The Morgan fingerprint density at radius 1 is 0.198 bits per heavy atom. The minimum Gasteiger partial charge on any atom is -0.366 e. The average molecular weight is 2170 g/mol. The smallest absolute Gasteiger partial charge is 0.366 e. The summed E-state index contributed by atoms with van der Waals surface area (Å²) in [6.45, 7) is 8.77. The zero-order valence-corrected chi connectivity index (χ0v) is 71.5. The summed E-state index contributed by atoms with van der Waals surface area (Å²) in [6, 6.07) is 131. The van der Waals surface area contributed by atoms with Crippen molar-refractivity contribution in [3.63, 3.8) is 0 Å². The normalized spacial score (nSPS) is 11.7. The Morgan fingerprint density at radius 3 is 0.575 bits per heavy atom. The Bertz CT molecular complexity index is 4700. The number of fused-ring (bicyclic) bond motifs is 6. The molecule has 14 aromatic carbocycles. The van der Waals surface area contributed by atoms with E-state index >= 15 is 0 Å². The largest absolute Gasteiger partial charge is 1.00 e. The number of hydrogen-bond acceptors (Lipinski definition) is 0. The van der Waals surface area contributed by atoms with Gasteiger partial charge >= 0.3 is 89.5 Å². The quantitative estimate of drug-likeness (QED) is 0.0495. The molecule has 0 amide bonds. The molecule has 16 rings (SSSR count). The van der Waals surface area contributed by atoms with Gasteiger partial charge in [0.1, 0.15) is 95.3 Å². The number of hydrogen-bond donors (Lipinski definition) is 0. The Morgan fingerprint density at radius 2 is 0.377 bits per heavy atom. The molecule has 0 saturated carbocycles. The molecule has 0 spiro atoms. The van der Waals surface area contributed by atoms with Crippen molar-refractivity contribution in [3.05, 3.63) is 434 Å². The molecule has 0 radical (unpaired) electrons. The average Bonchev–Trinajstić information content (AvgIpc) is 1.58. The molecule has 0 heterocycles. The summed E-state index contributed by atoms with van der Waals surface area (Å²) in [7, 11) is -4.56. The third-order valence-electron chi connectivity index (χ3n) is 19.4. The molecule has 106 heavy (non-hydrogen) atoms. The maximum absolute atomic E-state index is 7.28. The first-order valence-corrected chi connectivity index (χ1v) is 40.4. The van der Waals surface area contributed by atoms with Crippen LogP contribution in [-0.2, 0) is 100 Å². The van der Waals surface area contributed by atoms with Crippen LogP contribution >= 0.6 is 31.7 Å². The van der Waals surface area contributed by atoms with Crippen LogP contribution in [0.1, 0.15) is 72.2 Å². The number of rotatable bonds is 12. The van der Waals surface area contributed by atoms with E-state index in [1.165, 1.54) is 108 Å². The molecule has 2 aliphatic carbocycles. The molecule has 2 aliphatic rings. The van der Waals surface area contributed by atoms with E-state index in [2.05, 4.69) is 355 Å². The van der Waals surface area contributed by atoms with Gasteiger partial charge in [-0.05, 0) is 166 Å². The summed E-state index contributed by atoms with van der Waals surface area (Å²) in [5.41, 5.74) is 12.8. The monoisotopic (exact) mass is 2160 g/mol. The van der Waals surface area contributed by atoms with Gasteiger partial charge in [-0.25, -0.2) is 0 Å². The van der Waals surface area contributed by atoms with E-state index in [-0.39, 0.29) is 100 Å². The fourth-order valence-electron chi connectivity index (χ4n) is 14.4. The van der Waals surface area contributed by atoms with Crippen LogP contribution in [0, 0.1) is 49.4 Å². The first-order chi connectivity index (χ1) is 50.0. The van der Waals surface area contributed by atoms with Gasteiger partial charge in [0, 0.05) is 10.8 Å². The number of benzene rings is 14. The molecule has 0 nitrogen and oxygen atoms in total. The van der Waals surface area contributed by atoms with E-state index in [9.17, 15) is 0 Å². The van der Waals surface area contributed by atoms with Gasteiger partial charge in [-0.3, -0.25) is 23.7 Å². The predicted octanol–water partition coefficient (Wildman–Crippen LogP) is 17.1. The summed E-state index contributed by atoms with van der Waals surface area (Å²) < 4.78 is 0. The fourth-order valence-corrected chi connectivity index (χ4v) is 26.4. The van der Waals surface area contributed by atoms with Crippen LogP contribution in [0.25, 0.3) is 22.3 Å². The SMILES string of the molecule is [Au+].[Au+].[Au+].[Au+].[C-]#Cc1ccc2c(c1)-c1ccc(C#[C-])cc1C2(C)C.[C-]#Cc1ccc2c(c1)-c1ccc(C#[C-])cc1C2(C)C.c1ccc([PH+](c2ccccc2)c2ccccc2[PH+](c2ccccc2)c2ccccc2)cc1.c1ccc([PH+](c2ccccc2)c2ccccc2[PH+](c2ccccc2)c2ccccc2)cc1. The van der Waals surface area contributed by atoms with E-state index in [1.807, 2.05) is 60.7 Å². The second-order valence-corrected chi connectivity index (χ2v) is 36.1. The second-order valence-electron chi connectivity index (χ2n) is 26.3. The molecule has 0 fully saturated rings.